The molecule has 1 aromatic carbocycles. The van der Waals surface area contributed by atoms with Crippen LogP contribution in [0.3, 0.4) is 0 Å². The van der Waals surface area contributed by atoms with Crippen LogP contribution in [0.2, 0.25) is 5.02 Å². The SMILES string of the molecule is CC(=O)NCCC1CCN(Cc2nc(Cc3ccccc3Cl)no2)CC1. The summed E-state index contributed by atoms with van der Waals surface area (Å²) in [5.74, 6) is 2.05. The third-order valence-corrected chi connectivity index (χ3v) is 5.18. The van der Waals surface area contributed by atoms with E-state index >= 15 is 0 Å². The molecular formula is C19H25ClN4O2. The molecule has 0 unspecified atom stereocenters. The molecule has 1 saturated heterocycles. The summed E-state index contributed by atoms with van der Waals surface area (Å²) in [7, 11) is 0. The summed E-state index contributed by atoms with van der Waals surface area (Å²) in [5.41, 5.74) is 1.00. The fourth-order valence-corrected chi connectivity index (χ4v) is 3.52. The number of benzene rings is 1. The number of carbonyl (C=O) groups excluding carboxylic acids is 1. The van der Waals surface area contributed by atoms with E-state index in [2.05, 4.69) is 20.4 Å². The standard InChI is InChI=1S/C19H25ClN4O2/c1-14(25)21-9-6-15-7-10-24(11-8-15)13-19-22-18(23-26-19)12-16-4-2-3-5-17(16)20/h2-5,15H,6-13H2,1H3,(H,21,25). The Bertz CT molecular complexity index is 726. The fraction of sp³-hybridized carbons (Fsp3) is 0.526. The molecule has 140 valence electrons. The molecule has 7 heteroatoms. The van der Waals surface area contributed by atoms with Crippen molar-refractivity contribution >= 4 is 17.5 Å². The highest BCUT2D eigenvalue weighted by Crippen LogP contribution is 2.22. The first-order chi connectivity index (χ1) is 12.6. The number of likely N-dealkylation sites (tertiary alicyclic amines) is 1. The second-order valence-corrected chi connectivity index (χ2v) is 7.27. The Hall–Kier alpha value is -1.92. The summed E-state index contributed by atoms with van der Waals surface area (Å²) >= 11 is 6.19. The van der Waals surface area contributed by atoms with Crippen molar-refractivity contribution in [1.82, 2.24) is 20.4 Å². The topological polar surface area (TPSA) is 71.3 Å². The van der Waals surface area contributed by atoms with E-state index in [1.165, 1.54) is 0 Å². The average Bonchev–Trinajstić information content (AvgIpc) is 3.05. The quantitative estimate of drug-likeness (QED) is 0.804. The molecular weight excluding hydrogens is 352 g/mol. The van der Waals surface area contributed by atoms with Gasteiger partial charge in [0.15, 0.2) is 5.82 Å². The van der Waals surface area contributed by atoms with Crippen LogP contribution in [-0.4, -0.2) is 40.6 Å². The Morgan fingerprint density at radius 3 is 2.85 bits per heavy atom. The van der Waals surface area contributed by atoms with E-state index in [0.29, 0.717) is 30.6 Å². The summed E-state index contributed by atoms with van der Waals surface area (Å²) in [4.78, 5) is 17.8. The highest BCUT2D eigenvalue weighted by molar-refractivity contribution is 6.31. The van der Waals surface area contributed by atoms with Gasteiger partial charge in [0.25, 0.3) is 0 Å². The number of amides is 1. The lowest BCUT2D eigenvalue weighted by molar-refractivity contribution is -0.119. The monoisotopic (exact) mass is 376 g/mol. The number of hydrogen-bond acceptors (Lipinski definition) is 5. The summed E-state index contributed by atoms with van der Waals surface area (Å²) < 4.78 is 5.40. The molecule has 0 bridgehead atoms. The van der Waals surface area contributed by atoms with E-state index in [0.717, 1.165) is 49.5 Å². The average molecular weight is 377 g/mol. The van der Waals surface area contributed by atoms with Crippen molar-refractivity contribution in [1.29, 1.82) is 0 Å². The number of halogens is 1. The highest BCUT2D eigenvalue weighted by atomic mass is 35.5. The van der Waals surface area contributed by atoms with Crippen molar-refractivity contribution in [3.8, 4) is 0 Å². The van der Waals surface area contributed by atoms with Gasteiger partial charge < -0.3 is 9.84 Å². The van der Waals surface area contributed by atoms with E-state index in [1.54, 1.807) is 6.92 Å². The van der Waals surface area contributed by atoms with Crippen LogP contribution in [0.1, 0.15) is 43.5 Å². The van der Waals surface area contributed by atoms with Gasteiger partial charge in [-0.15, -0.1) is 0 Å². The van der Waals surface area contributed by atoms with Crippen LogP contribution in [0.25, 0.3) is 0 Å². The molecule has 0 saturated carbocycles. The van der Waals surface area contributed by atoms with Crippen LogP contribution in [0.4, 0.5) is 0 Å². The molecule has 1 amide bonds. The number of rotatable bonds is 7. The van der Waals surface area contributed by atoms with Gasteiger partial charge in [-0.3, -0.25) is 9.69 Å². The maximum absolute atomic E-state index is 10.9. The first kappa shape index (κ1) is 18.9. The largest absolute Gasteiger partial charge is 0.356 e. The van der Waals surface area contributed by atoms with E-state index in [4.69, 9.17) is 16.1 Å². The van der Waals surface area contributed by atoms with E-state index in [9.17, 15) is 4.79 Å². The number of nitrogens with one attached hydrogen (secondary N) is 1. The Morgan fingerprint density at radius 1 is 1.35 bits per heavy atom. The molecule has 1 fully saturated rings. The van der Waals surface area contributed by atoms with Crippen molar-refractivity contribution in [2.24, 2.45) is 5.92 Å². The first-order valence-electron chi connectivity index (χ1n) is 9.12. The van der Waals surface area contributed by atoms with Gasteiger partial charge in [0.05, 0.1) is 6.54 Å². The molecule has 0 aliphatic carbocycles. The summed E-state index contributed by atoms with van der Waals surface area (Å²) in [6.45, 7) is 5.07. The lowest BCUT2D eigenvalue weighted by Gasteiger charge is -2.30. The number of piperidine rings is 1. The first-order valence-corrected chi connectivity index (χ1v) is 9.49. The van der Waals surface area contributed by atoms with Gasteiger partial charge in [0.1, 0.15) is 0 Å². The molecule has 0 spiro atoms. The van der Waals surface area contributed by atoms with Crippen LogP contribution < -0.4 is 5.32 Å². The molecule has 26 heavy (non-hydrogen) atoms. The molecule has 2 heterocycles. The zero-order chi connectivity index (χ0) is 18.4. The van der Waals surface area contributed by atoms with Gasteiger partial charge in [-0.2, -0.15) is 4.98 Å². The highest BCUT2D eigenvalue weighted by Gasteiger charge is 2.21. The van der Waals surface area contributed by atoms with Crippen molar-refractivity contribution in [2.45, 2.75) is 39.2 Å². The molecule has 1 aliphatic heterocycles. The molecule has 2 aromatic rings. The minimum absolute atomic E-state index is 0.0476. The summed E-state index contributed by atoms with van der Waals surface area (Å²) in [5, 5.41) is 7.68. The summed E-state index contributed by atoms with van der Waals surface area (Å²) in [6, 6.07) is 7.71. The van der Waals surface area contributed by atoms with Crippen LogP contribution in [0, 0.1) is 5.92 Å². The van der Waals surface area contributed by atoms with Gasteiger partial charge >= 0.3 is 0 Å². The third kappa shape index (κ3) is 5.54. The Morgan fingerprint density at radius 2 is 2.12 bits per heavy atom. The Labute approximate surface area is 158 Å². The minimum atomic E-state index is 0.0476. The summed E-state index contributed by atoms with van der Waals surface area (Å²) in [6.07, 6.45) is 3.91. The lowest BCUT2D eigenvalue weighted by Crippen LogP contribution is -2.34. The van der Waals surface area contributed by atoms with Gasteiger partial charge in [0.2, 0.25) is 11.8 Å². The second-order valence-electron chi connectivity index (χ2n) is 6.86. The smallest absolute Gasteiger partial charge is 0.240 e. The molecule has 0 radical (unpaired) electrons. The van der Waals surface area contributed by atoms with Crippen molar-refractivity contribution in [3.63, 3.8) is 0 Å². The van der Waals surface area contributed by atoms with Crippen LogP contribution in [0.15, 0.2) is 28.8 Å². The minimum Gasteiger partial charge on any atom is -0.356 e. The van der Waals surface area contributed by atoms with Crippen LogP contribution in [0.5, 0.6) is 0 Å². The molecule has 1 N–H and O–H groups in total. The van der Waals surface area contributed by atoms with Gasteiger partial charge in [-0.25, -0.2) is 0 Å². The van der Waals surface area contributed by atoms with E-state index in [1.807, 2.05) is 24.3 Å². The number of carbonyl (C=O) groups is 1. The number of nitrogens with zero attached hydrogens (tertiary/aromatic N) is 3. The maximum atomic E-state index is 10.9. The van der Waals surface area contributed by atoms with Crippen molar-refractivity contribution in [3.05, 3.63) is 46.6 Å². The Kier molecular flexibility index (Phi) is 6.63. The Balaban J connectivity index is 1.44. The third-order valence-electron chi connectivity index (χ3n) is 4.81. The maximum Gasteiger partial charge on any atom is 0.240 e. The van der Waals surface area contributed by atoms with E-state index < -0.39 is 0 Å². The van der Waals surface area contributed by atoms with Crippen LogP contribution in [-0.2, 0) is 17.8 Å². The normalized spacial score (nSPS) is 15.9. The van der Waals surface area contributed by atoms with Crippen LogP contribution >= 0.6 is 11.6 Å². The predicted octanol–water partition coefficient (Wildman–Crippen LogP) is 3.05. The predicted molar refractivity (Wildman–Crippen MR) is 99.9 cm³/mol. The van der Waals surface area contributed by atoms with Crippen molar-refractivity contribution in [2.75, 3.05) is 19.6 Å². The zero-order valence-electron chi connectivity index (χ0n) is 15.1. The van der Waals surface area contributed by atoms with E-state index in [-0.39, 0.29) is 5.91 Å². The van der Waals surface area contributed by atoms with Gasteiger partial charge in [0, 0.05) is 24.9 Å². The lowest BCUT2D eigenvalue weighted by atomic mass is 9.93. The number of aromatic nitrogens is 2. The van der Waals surface area contributed by atoms with Crippen molar-refractivity contribution < 1.29 is 9.32 Å². The fourth-order valence-electron chi connectivity index (χ4n) is 3.32. The second kappa shape index (κ2) is 9.14. The molecule has 0 atom stereocenters. The zero-order valence-corrected chi connectivity index (χ0v) is 15.8. The van der Waals surface area contributed by atoms with Gasteiger partial charge in [-0.05, 0) is 49.9 Å². The molecule has 1 aliphatic rings. The molecule has 3 rings (SSSR count). The molecule has 1 aromatic heterocycles. The van der Waals surface area contributed by atoms with Gasteiger partial charge in [-0.1, -0.05) is 35.0 Å². The number of hydrogen-bond donors (Lipinski definition) is 1. The molecule has 6 nitrogen and oxygen atoms in total.